The number of azide groups is 1. The Labute approximate surface area is 99.7 Å². The third-order valence-electron chi connectivity index (χ3n) is 2.92. The maximum atomic E-state index is 12.1. The normalized spacial score (nSPS) is 15.2. The molecule has 0 aromatic heterocycles. The van der Waals surface area contributed by atoms with Gasteiger partial charge in [-0.2, -0.15) is 0 Å². The van der Waals surface area contributed by atoms with Gasteiger partial charge in [0.1, 0.15) is 0 Å². The Hall–Kier alpha value is -2.00. The molecule has 0 saturated carbocycles. The van der Waals surface area contributed by atoms with Crippen LogP contribution in [0.25, 0.3) is 10.4 Å². The van der Waals surface area contributed by atoms with Gasteiger partial charge >= 0.3 is 0 Å². The monoisotopic (exact) mass is 230 g/mol. The van der Waals surface area contributed by atoms with E-state index in [1.165, 1.54) is 6.42 Å². The highest BCUT2D eigenvalue weighted by Gasteiger charge is 2.17. The van der Waals surface area contributed by atoms with Crippen LogP contribution >= 0.6 is 0 Å². The maximum absolute atomic E-state index is 12.1. The number of piperidine rings is 1. The van der Waals surface area contributed by atoms with E-state index >= 15 is 0 Å². The highest BCUT2D eigenvalue weighted by molar-refractivity contribution is 5.94. The van der Waals surface area contributed by atoms with Crippen LogP contribution in [0.15, 0.2) is 29.4 Å². The van der Waals surface area contributed by atoms with E-state index < -0.39 is 0 Å². The molecule has 0 spiro atoms. The molecular formula is C12H14N4O. The average molecular weight is 230 g/mol. The van der Waals surface area contributed by atoms with Crippen LogP contribution in [-0.2, 0) is 0 Å². The first-order valence-electron chi connectivity index (χ1n) is 5.76. The fraction of sp³-hybridized carbons (Fsp3) is 0.417. The average Bonchev–Trinajstić information content (AvgIpc) is 2.40. The van der Waals surface area contributed by atoms with Crippen molar-refractivity contribution in [2.24, 2.45) is 5.11 Å². The van der Waals surface area contributed by atoms with Crippen LogP contribution in [-0.4, -0.2) is 23.9 Å². The Morgan fingerprint density at radius 2 is 1.82 bits per heavy atom. The molecule has 0 aliphatic carbocycles. The summed E-state index contributed by atoms with van der Waals surface area (Å²) in [5.41, 5.74) is 9.47. The van der Waals surface area contributed by atoms with Gasteiger partial charge in [0.2, 0.25) is 0 Å². The lowest BCUT2D eigenvalue weighted by atomic mass is 10.1. The van der Waals surface area contributed by atoms with Crippen LogP contribution in [0, 0.1) is 0 Å². The predicted octanol–water partition coefficient (Wildman–Crippen LogP) is 3.25. The van der Waals surface area contributed by atoms with Crippen molar-refractivity contribution in [3.05, 3.63) is 40.3 Å². The van der Waals surface area contributed by atoms with Crippen molar-refractivity contribution >= 4 is 11.6 Å². The molecule has 1 aliphatic heterocycles. The van der Waals surface area contributed by atoms with Crippen molar-refractivity contribution in [1.29, 1.82) is 0 Å². The molecule has 0 radical (unpaired) electrons. The quantitative estimate of drug-likeness (QED) is 0.436. The van der Waals surface area contributed by atoms with Crippen molar-refractivity contribution in [2.45, 2.75) is 19.3 Å². The van der Waals surface area contributed by atoms with Gasteiger partial charge < -0.3 is 4.90 Å². The molecule has 88 valence electrons. The Morgan fingerprint density at radius 1 is 1.18 bits per heavy atom. The van der Waals surface area contributed by atoms with Gasteiger partial charge in [0.25, 0.3) is 5.91 Å². The third-order valence-corrected chi connectivity index (χ3v) is 2.92. The van der Waals surface area contributed by atoms with Gasteiger partial charge in [-0.15, -0.1) is 0 Å². The van der Waals surface area contributed by atoms with Crippen LogP contribution in [0.5, 0.6) is 0 Å². The molecule has 2 rings (SSSR count). The smallest absolute Gasteiger partial charge is 0.253 e. The van der Waals surface area contributed by atoms with Crippen molar-refractivity contribution in [3.63, 3.8) is 0 Å². The number of carbonyl (C=O) groups excluding carboxylic acids is 1. The molecule has 0 N–H and O–H groups in total. The number of benzene rings is 1. The van der Waals surface area contributed by atoms with Gasteiger partial charge in [0.15, 0.2) is 0 Å². The molecule has 1 heterocycles. The molecule has 1 aromatic carbocycles. The first-order chi connectivity index (χ1) is 8.31. The first kappa shape index (κ1) is 11.5. The highest BCUT2D eigenvalue weighted by atomic mass is 16.2. The van der Waals surface area contributed by atoms with E-state index in [2.05, 4.69) is 10.0 Å². The van der Waals surface area contributed by atoms with Gasteiger partial charge in [-0.3, -0.25) is 4.79 Å². The molecule has 0 bridgehead atoms. The zero-order chi connectivity index (χ0) is 12.1. The Bertz CT molecular complexity index is 442. The molecule has 1 aromatic rings. The number of carbonyl (C=O) groups is 1. The maximum Gasteiger partial charge on any atom is 0.253 e. The van der Waals surface area contributed by atoms with E-state index in [-0.39, 0.29) is 5.91 Å². The lowest BCUT2D eigenvalue weighted by molar-refractivity contribution is 0.0724. The summed E-state index contributed by atoms with van der Waals surface area (Å²) < 4.78 is 0. The van der Waals surface area contributed by atoms with Crippen molar-refractivity contribution in [2.75, 3.05) is 13.1 Å². The number of likely N-dealkylation sites (tertiary alicyclic amines) is 1. The van der Waals surface area contributed by atoms with Gasteiger partial charge in [0.05, 0.1) is 0 Å². The molecule has 0 unspecified atom stereocenters. The summed E-state index contributed by atoms with van der Waals surface area (Å²) in [5, 5.41) is 3.48. The minimum Gasteiger partial charge on any atom is -0.339 e. The SMILES string of the molecule is [N-]=[N+]=Nc1ccc(C(=O)N2CCCCC2)cc1. The zero-order valence-corrected chi connectivity index (χ0v) is 9.54. The molecule has 1 fully saturated rings. The standard InChI is InChI=1S/C12H14N4O/c13-15-14-11-6-4-10(5-7-11)12(17)16-8-2-1-3-9-16/h4-7H,1-3,8-9H2. The van der Waals surface area contributed by atoms with Gasteiger partial charge in [0, 0.05) is 29.3 Å². The Balaban J connectivity index is 2.10. The van der Waals surface area contributed by atoms with Gasteiger partial charge in [-0.1, -0.05) is 17.2 Å². The molecule has 1 aliphatic rings. The molecule has 1 saturated heterocycles. The summed E-state index contributed by atoms with van der Waals surface area (Å²) in [6, 6.07) is 6.75. The summed E-state index contributed by atoms with van der Waals surface area (Å²) in [4.78, 5) is 16.7. The lowest BCUT2D eigenvalue weighted by Gasteiger charge is -2.26. The minimum absolute atomic E-state index is 0.0668. The summed E-state index contributed by atoms with van der Waals surface area (Å²) in [7, 11) is 0. The van der Waals surface area contributed by atoms with Gasteiger partial charge in [-0.25, -0.2) is 0 Å². The number of hydrogen-bond donors (Lipinski definition) is 0. The summed E-state index contributed by atoms with van der Waals surface area (Å²) >= 11 is 0. The summed E-state index contributed by atoms with van der Waals surface area (Å²) in [6.45, 7) is 1.69. The molecule has 17 heavy (non-hydrogen) atoms. The number of amides is 1. The molecule has 5 nitrogen and oxygen atoms in total. The topological polar surface area (TPSA) is 69.1 Å². The second kappa shape index (κ2) is 5.37. The molecule has 5 heteroatoms. The van der Waals surface area contributed by atoms with Crippen LogP contribution in [0.4, 0.5) is 5.69 Å². The van der Waals surface area contributed by atoms with E-state index in [0.29, 0.717) is 11.3 Å². The lowest BCUT2D eigenvalue weighted by Crippen LogP contribution is -2.35. The second-order valence-corrected chi connectivity index (χ2v) is 4.09. The number of nitrogens with zero attached hydrogens (tertiary/aromatic N) is 4. The van der Waals surface area contributed by atoms with Crippen molar-refractivity contribution in [1.82, 2.24) is 4.90 Å². The van der Waals surface area contributed by atoms with Crippen LogP contribution in [0.3, 0.4) is 0 Å². The van der Waals surface area contributed by atoms with Crippen molar-refractivity contribution in [3.8, 4) is 0 Å². The Morgan fingerprint density at radius 3 is 2.41 bits per heavy atom. The summed E-state index contributed by atoms with van der Waals surface area (Å²) in [6.07, 6.45) is 3.38. The second-order valence-electron chi connectivity index (χ2n) is 4.09. The molecular weight excluding hydrogens is 216 g/mol. The predicted molar refractivity (Wildman–Crippen MR) is 65.0 cm³/mol. The molecule has 1 amide bonds. The third kappa shape index (κ3) is 2.77. The highest BCUT2D eigenvalue weighted by Crippen LogP contribution is 2.16. The van der Waals surface area contributed by atoms with Gasteiger partial charge in [-0.05, 0) is 36.9 Å². The minimum atomic E-state index is 0.0668. The van der Waals surface area contributed by atoms with E-state index in [1.54, 1.807) is 24.3 Å². The van der Waals surface area contributed by atoms with Crippen LogP contribution in [0.1, 0.15) is 29.6 Å². The first-order valence-corrected chi connectivity index (χ1v) is 5.76. The summed E-state index contributed by atoms with van der Waals surface area (Å²) in [5.74, 6) is 0.0668. The van der Waals surface area contributed by atoms with E-state index in [9.17, 15) is 4.79 Å². The number of hydrogen-bond acceptors (Lipinski definition) is 2. The van der Waals surface area contributed by atoms with Crippen molar-refractivity contribution < 1.29 is 4.79 Å². The zero-order valence-electron chi connectivity index (χ0n) is 9.54. The fourth-order valence-electron chi connectivity index (χ4n) is 2.00. The van der Waals surface area contributed by atoms with E-state index in [0.717, 1.165) is 25.9 Å². The van der Waals surface area contributed by atoms with E-state index in [1.807, 2.05) is 4.90 Å². The molecule has 0 atom stereocenters. The van der Waals surface area contributed by atoms with Crippen LogP contribution < -0.4 is 0 Å². The van der Waals surface area contributed by atoms with E-state index in [4.69, 9.17) is 5.53 Å². The fourth-order valence-corrected chi connectivity index (χ4v) is 2.00. The largest absolute Gasteiger partial charge is 0.339 e. The number of rotatable bonds is 2. The van der Waals surface area contributed by atoms with Crippen LogP contribution in [0.2, 0.25) is 0 Å². The Kier molecular flexibility index (Phi) is 3.62.